The van der Waals surface area contributed by atoms with Gasteiger partial charge in [0.25, 0.3) is 5.91 Å². The number of ether oxygens (including phenoxy) is 1. The minimum absolute atomic E-state index is 0.0830. The third-order valence-electron chi connectivity index (χ3n) is 9.93. The highest BCUT2D eigenvalue weighted by atomic mass is 35.5. The summed E-state index contributed by atoms with van der Waals surface area (Å²) in [6.45, 7) is 13.1. The van der Waals surface area contributed by atoms with E-state index in [9.17, 15) is 14.4 Å². The van der Waals surface area contributed by atoms with Gasteiger partial charge < -0.3 is 15.0 Å². The second-order valence-electron chi connectivity index (χ2n) is 15.2. The molecule has 6 nitrogen and oxygen atoms in total. The lowest BCUT2D eigenvalue weighted by Crippen LogP contribution is -2.45. The number of rotatable bonds is 8. The maximum absolute atomic E-state index is 14.2. The molecule has 1 aliphatic heterocycles. The molecule has 0 aromatic heterocycles. The van der Waals surface area contributed by atoms with Crippen LogP contribution in [0.2, 0.25) is 5.02 Å². The maximum Gasteiger partial charge on any atom is 0.262 e. The summed E-state index contributed by atoms with van der Waals surface area (Å²) in [6, 6.07) is 21.6. The number of Topliss-reactive ketones (excluding diaryl/α,β-unsaturated/α-hetero) is 2. The van der Waals surface area contributed by atoms with Crippen LogP contribution in [0.25, 0.3) is 0 Å². The predicted molar refractivity (Wildman–Crippen MR) is 191 cm³/mol. The zero-order valence-corrected chi connectivity index (χ0v) is 29.6. The molecule has 0 radical (unpaired) electrons. The molecule has 0 fully saturated rings. The lowest BCUT2D eigenvalue weighted by Gasteiger charge is -2.49. The third-order valence-corrected chi connectivity index (χ3v) is 10.2. The first-order valence-corrected chi connectivity index (χ1v) is 17.2. The van der Waals surface area contributed by atoms with E-state index in [1.807, 2.05) is 56.3 Å². The van der Waals surface area contributed by atoms with E-state index in [0.29, 0.717) is 47.0 Å². The summed E-state index contributed by atoms with van der Waals surface area (Å²) >= 11 is 6.82. The van der Waals surface area contributed by atoms with Crippen molar-refractivity contribution in [3.63, 3.8) is 0 Å². The summed E-state index contributed by atoms with van der Waals surface area (Å²) in [7, 11) is 0. The number of hydrogen-bond acceptors (Lipinski definition) is 5. The van der Waals surface area contributed by atoms with Crippen LogP contribution in [0.15, 0.2) is 89.3 Å². The summed E-state index contributed by atoms with van der Waals surface area (Å²) in [5.74, 6) is -0.266. The number of hydrogen-bond donors (Lipinski definition) is 1. The molecule has 7 heteroatoms. The molecule has 3 aromatic carbocycles. The zero-order chi connectivity index (χ0) is 34.4. The summed E-state index contributed by atoms with van der Waals surface area (Å²) in [5, 5.41) is 3.20. The number of anilines is 1. The standard InChI is InChI=1S/C41H45ClN2O4/c1-25-12-14-29(18-26(25)2)43-36(47)24-48-35-15-13-28(19-30(35)42)37-38-31(20-40(3,4)22-33(38)45)44(17-16-27-10-8-7-9-11-27)32-21-41(5,6)23-34(46)39(32)37/h7-15,18-19,37H,16-17,20-24H2,1-6H3,(H,43,47). The van der Waals surface area contributed by atoms with Gasteiger partial charge in [0.05, 0.1) is 5.02 Å². The Bertz CT molecular complexity index is 1800. The first-order valence-electron chi connectivity index (χ1n) is 16.8. The first-order chi connectivity index (χ1) is 22.7. The molecule has 3 aromatic rings. The van der Waals surface area contributed by atoms with Gasteiger partial charge in [-0.15, -0.1) is 0 Å². The number of halogens is 1. The number of allylic oxidation sites excluding steroid dienone is 4. The highest BCUT2D eigenvalue weighted by Gasteiger charge is 2.49. The van der Waals surface area contributed by atoms with E-state index in [1.165, 1.54) is 5.56 Å². The van der Waals surface area contributed by atoms with E-state index in [1.54, 1.807) is 12.1 Å². The molecule has 0 unspecified atom stereocenters. The summed E-state index contributed by atoms with van der Waals surface area (Å²) in [4.78, 5) is 43.3. The molecule has 0 saturated carbocycles. The molecule has 2 aliphatic carbocycles. The average molecular weight is 665 g/mol. The number of nitrogens with one attached hydrogen (secondary N) is 1. The normalized spacial score (nSPS) is 18.9. The predicted octanol–water partition coefficient (Wildman–Crippen LogP) is 8.90. The molecule has 0 bridgehead atoms. The molecule has 0 saturated heterocycles. The first kappa shape index (κ1) is 33.7. The van der Waals surface area contributed by atoms with Gasteiger partial charge in [0.15, 0.2) is 18.2 Å². The highest BCUT2D eigenvalue weighted by Crippen LogP contribution is 2.54. The van der Waals surface area contributed by atoms with Gasteiger partial charge in [0.2, 0.25) is 0 Å². The van der Waals surface area contributed by atoms with Crippen LogP contribution in [-0.4, -0.2) is 35.5 Å². The minimum Gasteiger partial charge on any atom is -0.482 e. The second kappa shape index (κ2) is 13.0. The van der Waals surface area contributed by atoms with E-state index in [4.69, 9.17) is 16.3 Å². The number of aryl methyl sites for hydroxylation is 2. The smallest absolute Gasteiger partial charge is 0.262 e. The van der Waals surface area contributed by atoms with Crippen molar-refractivity contribution in [1.29, 1.82) is 0 Å². The van der Waals surface area contributed by atoms with E-state index in [-0.39, 0.29) is 34.9 Å². The summed E-state index contributed by atoms with van der Waals surface area (Å²) in [5.41, 5.74) is 8.03. The Labute approximate surface area is 289 Å². The SMILES string of the molecule is Cc1ccc(NC(=O)COc2ccc(C3C4=C(CC(C)(C)CC4=O)N(CCc4ccccc4)C4=C3C(=O)CC(C)(C)C4)cc2Cl)cc1C. The maximum atomic E-state index is 14.2. The van der Waals surface area contributed by atoms with Crippen molar-refractivity contribution < 1.29 is 19.1 Å². The fourth-order valence-electron chi connectivity index (χ4n) is 7.51. The molecule has 48 heavy (non-hydrogen) atoms. The van der Waals surface area contributed by atoms with Crippen molar-refractivity contribution in [2.24, 2.45) is 10.8 Å². The van der Waals surface area contributed by atoms with Gasteiger partial charge in [0.1, 0.15) is 5.75 Å². The van der Waals surface area contributed by atoms with Crippen molar-refractivity contribution in [3.8, 4) is 5.75 Å². The number of carbonyl (C=O) groups is 3. The van der Waals surface area contributed by atoms with Crippen LogP contribution >= 0.6 is 11.6 Å². The molecular formula is C41H45ClN2O4. The fourth-order valence-corrected chi connectivity index (χ4v) is 7.75. The highest BCUT2D eigenvalue weighted by molar-refractivity contribution is 6.32. The van der Waals surface area contributed by atoms with E-state index >= 15 is 0 Å². The molecule has 250 valence electrons. The molecule has 1 N–H and O–H groups in total. The number of ketones is 2. The second-order valence-corrected chi connectivity index (χ2v) is 15.7. The van der Waals surface area contributed by atoms with Crippen LogP contribution < -0.4 is 10.1 Å². The van der Waals surface area contributed by atoms with Gasteiger partial charge >= 0.3 is 0 Å². The largest absolute Gasteiger partial charge is 0.482 e. The number of carbonyl (C=O) groups excluding carboxylic acids is 3. The molecule has 0 atom stereocenters. The van der Waals surface area contributed by atoms with Crippen LogP contribution in [-0.2, 0) is 20.8 Å². The quantitative estimate of drug-likeness (QED) is 0.260. The van der Waals surface area contributed by atoms with Gasteiger partial charge in [-0.3, -0.25) is 14.4 Å². The van der Waals surface area contributed by atoms with Gasteiger partial charge in [-0.1, -0.05) is 81.8 Å². The lowest BCUT2D eigenvalue weighted by molar-refractivity contribution is -0.120. The zero-order valence-electron chi connectivity index (χ0n) is 28.8. The van der Waals surface area contributed by atoms with E-state index in [2.05, 4.69) is 50.0 Å². The Hall–Kier alpha value is -4.16. The molecule has 0 spiro atoms. The minimum atomic E-state index is -0.505. The molecule has 6 rings (SSSR count). The van der Waals surface area contributed by atoms with Crippen LogP contribution in [0.1, 0.15) is 81.5 Å². The number of nitrogens with zero attached hydrogens (tertiary/aromatic N) is 1. The monoisotopic (exact) mass is 664 g/mol. The Morgan fingerprint density at radius 3 is 2.04 bits per heavy atom. The van der Waals surface area contributed by atoms with Crippen LogP contribution in [0.4, 0.5) is 5.69 Å². The van der Waals surface area contributed by atoms with Gasteiger partial charge in [0, 0.05) is 53.5 Å². The molecular weight excluding hydrogens is 620 g/mol. The van der Waals surface area contributed by atoms with Crippen LogP contribution in [0.5, 0.6) is 5.75 Å². The Morgan fingerprint density at radius 2 is 1.46 bits per heavy atom. The van der Waals surface area contributed by atoms with Crippen molar-refractivity contribution in [3.05, 3.63) is 117 Å². The number of benzene rings is 3. The van der Waals surface area contributed by atoms with Crippen molar-refractivity contribution in [2.45, 2.75) is 79.6 Å². The van der Waals surface area contributed by atoms with E-state index < -0.39 is 5.92 Å². The lowest BCUT2D eigenvalue weighted by atomic mass is 9.63. The Morgan fingerprint density at radius 1 is 0.833 bits per heavy atom. The third kappa shape index (κ3) is 7.00. The molecule has 1 amide bonds. The topological polar surface area (TPSA) is 75.7 Å². The van der Waals surface area contributed by atoms with Gasteiger partial charge in [-0.2, -0.15) is 0 Å². The molecule has 3 aliphatic rings. The Kier molecular flexibility index (Phi) is 9.16. The van der Waals surface area contributed by atoms with Crippen molar-refractivity contribution >= 4 is 34.8 Å². The number of amides is 1. The van der Waals surface area contributed by atoms with Crippen molar-refractivity contribution in [2.75, 3.05) is 18.5 Å². The van der Waals surface area contributed by atoms with Crippen molar-refractivity contribution in [1.82, 2.24) is 4.90 Å². The van der Waals surface area contributed by atoms with E-state index in [0.717, 1.165) is 47.3 Å². The van der Waals surface area contributed by atoms with Crippen LogP contribution in [0, 0.1) is 24.7 Å². The summed E-state index contributed by atoms with van der Waals surface area (Å²) < 4.78 is 5.86. The Balaban J connectivity index is 1.34. The fraction of sp³-hybridized carbons (Fsp3) is 0.390. The van der Waals surface area contributed by atoms with Gasteiger partial charge in [-0.25, -0.2) is 0 Å². The van der Waals surface area contributed by atoms with Gasteiger partial charge in [-0.05, 0) is 90.5 Å². The van der Waals surface area contributed by atoms with Crippen LogP contribution in [0.3, 0.4) is 0 Å². The summed E-state index contributed by atoms with van der Waals surface area (Å²) in [6.07, 6.45) is 3.13. The average Bonchev–Trinajstić information content (AvgIpc) is 3.00. The molecule has 1 heterocycles.